The molecular weight excluding hydrogens is 533 g/mol. The van der Waals surface area contributed by atoms with Crippen LogP contribution in [-0.4, -0.2) is 56.1 Å². The second-order valence-corrected chi connectivity index (χ2v) is 8.41. The number of benzene rings is 1. The predicted octanol–water partition coefficient (Wildman–Crippen LogP) is 4.04. The Morgan fingerprint density at radius 2 is 2.07 bits per heavy atom. The van der Waals surface area contributed by atoms with E-state index in [1.54, 1.807) is 18.8 Å². The van der Waals surface area contributed by atoms with E-state index in [-0.39, 0.29) is 30.1 Å². The highest BCUT2D eigenvalue weighted by atomic mass is 127. The predicted molar refractivity (Wildman–Crippen MR) is 138 cm³/mol. The summed E-state index contributed by atoms with van der Waals surface area (Å²) in [6.07, 6.45) is 2.17. The third kappa shape index (κ3) is 8.13. The molecule has 0 spiro atoms. The average Bonchev–Trinajstić information content (AvgIpc) is 2.75. The van der Waals surface area contributed by atoms with Gasteiger partial charge in [-0.1, -0.05) is 17.7 Å². The molecule has 30 heavy (non-hydrogen) atoms. The van der Waals surface area contributed by atoms with Gasteiger partial charge < -0.3 is 20.3 Å². The van der Waals surface area contributed by atoms with Crippen molar-refractivity contribution < 1.29 is 4.74 Å². The molecule has 1 atom stereocenters. The Bertz CT molecular complexity index is 791. The van der Waals surface area contributed by atoms with Crippen LogP contribution < -0.4 is 15.5 Å². The molecule has 0 saturated carbocycles. The van der Waals surface area contributed by atoms with Crippen molar-refractivity contribution >= 4 is 59.1 Å². The second kappa shape index (κ2) is 13.2. The number of nitrogens with zero attached hydrogens (tertiary/aromatic N) is 3. The quantitative estimate of drug-likeness (QED) is 0.175. The fraction of sp³-hybridized carbons (Fsp3) is 0.429. The van der Waals surface area contributed by atoms with Gasteiger partial charge in [0.1, 0.15) is 5.82 Å². The average molecular weight is 562 g/mol. The summed E-state index contributed by atoms with van der Waals surface area (Å²) >= 11 is 7.70. The summed E-state index contributed by atoms with van der Waals surface area (Å²) in [6, 6.07) is 12.1. The first kappa shape index (κ1) is 25.0. The SMILES string of the molecule is CN=C(NCCSc1ccc(Cl)cc1)NCc1ccc(N2CCOC(C)C2)nc1.I. The molecule has 0 amide bonds. The lowest BCUT2D eigenvalue weighted by atomic mass is 10.2. The number of rotatable bonds is 7. The number of thioether (sulfide) groups is 1. The normalized spacial score (nSPS) is 16.7. The van der Waals surface area contributed by atoms with E-state index in [4.69, 9.17) is 16.3 Å². The zero-order valence-electron chi connectivity index (χ0n) is 17.3. The Kier molecular flexibility index (Phi) is 11.0. The number of ether oxygens (including phenoxy) is 1. The molecule has 1 aromatic heterocycles. The van der Waals surface area contributed by atoms with Crippen molar-refractivity contribution in [2.75, 3.05) is 43.9 Å². The molecule has 3 rings (SSSR count). The third-order valence-electron chi connectivity index (χ3n) is 4.53. The van der Waals surface area contributed by atoms with Crippen LogP contribution in [0.25, 0.3) is 0 Å². The Labute approximate surface area is 205 Å². The number of pyridine rings is 1. The Balaban J connectivity index is 0.00000320. The van der Waals surface area contributed by atoms with E-state index in [1.807, 2.05) is 30.5 Å². The molecule has 2 heterocycles. The van der Waals surface area contributed by atoms with Crippen LogP contribution in [0.1, 0.15) is 12.5 Å². The van der Waals surface area contributed by atoms with Crippen molar-refractivity contribution in [2.24, 2.45) is 4.99 Å². The fourth-order valence-corrected chi connectivity index (χ4v) is 3.90. The Morgan fingerprint density at radius 1 is 1.27 bits per heavy atom. The number of hydrogen-bond donors (Lipinski definition) is 2. The van der Waals surface area contributed by atoms with Crippen LogP contribution in [0, 0.1) is 0 Å². The van der Waals surface area contributed by atoms with Crippen molar-refractivity contribution in [3.05, 3.63) is 53.2 Å². The number of halogens is 2. The number of anilines is 1. The maximum absolute atomic E-state index is 5.92. The van der Waals surface area contributed by atoms with Gasteiger partial charge in [-0.15, -0.1) is 35.7 Å². The lowest BCUT2D eigenvalue weighted by Crippen LogP contribution is -2.41. The number of hydrogen-bond acceptors (Lipinski definition) is 5. The van der Waals surface area contributed by atoms with E-state index in [0.29, 0.717) is 6.54 Å². The number of aliphatic imine (C=N–C) groups is 1. The molecule has 1 saturated heterocycles. The molecular formula is C21H29ClIN5OS. The van der Waals surface area contributed by atoms with Crippen LogP contribution in [0.5, 0.6) is 0 Å². The lowest BCUT2D eigenvalue weighted by molar-refractivity contribution is 0.0529. The summed E-state index contributed by atoms with van der Waals surface area (Å²) in [5.74, 6) is 2.73. The molecule has 6 nitrogen and oxygen atoms in total. The minimum Gasteiger partial charge on any atom is -0.375 e. The van der Waals surface area contributed by atoms with Crippen LogP contribution in [0.15, 0.2) is 52.5 Å². The fourth-order valence-electron chi connectivity index (χ4n) is 3.01. The van der Waals surface area contributed by atoms with Crippen LogP contribution in [0.4, 0.5) is 5.82 Å². The van der Waals surface area contributed by atoms with Gasteiger partial charge in [0.25, 0.3) is 0 Å². The molecule has 1 unspecified atom stereocenters. The van der Waals surface area contributed by atoms with E-state index in [1.165, 1.54) is 4.90 Å². The van der Waals surface area contributed by atoms with Crippen LogP contribution in [0.2, 0.25) is 5.02 Å². The molecule has 0 bridgehead atoms. The first-order valence-electron chi connectivity index (χ1n) is 9.78. The molecule has 1 aliphatic heterocycles. The number of aromatic nitrogens is 1. The van der Waals surface area contributed by atoms with Crippen LogP contribution in [-0.2, 0) is 11.3 Å². The van der Waals surface area contributed by atoms with Crippen molar-refractivity contribution in [3.63, 3.8) is 0 Å². The zero-order valence-corrected chi connectivity index (χ0v) is 21.2. The van der Waals surface area contributed by atoms with Gasteiger partial charge in [-0.05, 0) is 42.8 Å². The van der Waals surface area contributed by atoms with Gasteiger partial charge in [-0.2, -0.15) is 0 Å². The first-order valence-corrected chi connectivity index (χ1v) is 11.1. The van der Waals surface area contributed by atoms with E-state index >= 15 is 0 Å². The number of guanidine groups is 1. The highest BCUT2D eigenvalue weighted by molar-refractivity contribution is 14.0. The van der Waals surface area contributed by atoms with Crippen molar-refractivity contribution in [3.8, 4) is 0 Å². The van der Waals surface area contributed by atoms with Gasteiger partial charge in [-0.3, -0.25) is 4.99 Å². The highest BCUT2D eigenvalue weighted by Gasteiger charge is 2.17. The van der Waals surface area contributed by atoms with E-state index in [9.17, 15) is 0 Å². The largest absolute Gasteiger partial charge is 0.375 e. The van der Waals surface area contributed by atoms with Gasteiger partial charge in [0.05, 0.1) is 12.7 Å². The molecule has 2 aromatic rings. The van der Waals surface area contributed by atoms with Gasteiger partial charge in [0.2, 0.25) is 0 Å². The Morgan fingerprint density at radius 3 is 2.73 bits per heavy atom. The van der Waals surface area contributed by atoms with E-state index < -0.39 is 0 Å². The van der Waals surface area contributed by atoms with Crippen molar-refractivity contribution in [1.82, 2.24) is 15.6 Å². The van der Waals surface area contributed by atoms with Gasteiger partial charge in [-0.25, -0.2) is 4.98 Å². The molecule has 1 aromatic carbocycles. The maximum atomic E-state index is 5.92. The first-order chi connectivity index (χ1) is 14.1. The number of nitrogens with one attached hydrogen (secondary N) is 2. The standard InChI is InChI=1S/C21H28ClN5OS.HI/c1-16-15-27(10-11-28-16)20-8-3-17(13-25-20)14-26-21(23-2)24-9-12-29-19-6-4-18(22)5-7-19;/h3-8,13,16H,9-12,14-15H2,1-2H3,(H2,23,24,26);1H. The summed E-state index contributed by atoms with van der Waals surface area (Å²) in [4.78, 5) is 12.4. The maximum Gasteiger partial charge on any atom is 0.191 e. The number of morpholine rings is 1. The summed E-state index contributed by atoms with van der Waals surface area (Å²) in [5.41, 5.74) is 1.12. The molecule has 0 aliphatic carbocycles. The summed E-state index contributed by atoms with van der Waals surface area (Å²) in [7, 11) is 1.78. The minimum atomic E-state index is 0. The molecule has 164 valence electrons. The molecule has 1 fully saturated rings. The Hall–Kier alpha value is -1.23. The minimum absolute atomic E-state index is 0. The van der Waals surface area contributed by atoms with E-state index in [2.05, 4.69) is 44.6 Å². The molecule has 9 heteroatoms. The van der Waals surface area contributed by atoms with E-state index in [0.717, 1.165) is 54.4 Å². The smallest absolute Gasteiger partial charge is 0.191 e. The van der Waals surface area contributed by atoms with Crippen LogP contribution >= 0.6 is 47.3 Å². The van der Waals surface area contributed by atoms with Gasteiger partial charge in [0, 0.05) is 55.1 Å². The monoisotopic (exact) mass is 561 g/mol. The molecule has 0 radical (unpaired) electrons. The molecule has 2 N–H and O–H groups in total. The third-order valence-corrected chi connectivity index (χ3v) is 5.80. The summed E-state index contributed by atoms with van der Waals surface area (Å²) < 4.78 is 5.59. The second-order valence-electron chi connectivity index (χ2n) is 6.81. The highest BCUT2D eigenvalue weighted by Crippen LogP contribution is 2.19. The van der Waals surface area contributed by atoms with Crippen LogP contribution in [0.3, 0.4) is 0 Å². The topological polar surface area (TPSA) is 61.8 Å². The van der Waals surface area contributed by atoms with Gasteiger partial charge >= 0.3 is 0 Å². The van der Waals surface area contributed by atoms with Crippen molar-refractivity contribution in [2.45, 2.75) is 24.5 Å². The summed E-state index contributed by atoms with van der Waals surface area (Å²) in [5, 5.41) is 7.44. The lowest BCUT2D eigenvalue weighted by Gasteiger charge is -2.32. The zero-order chi connectivity index (χ0) is 20.5. The molecule has 1 aliphatic rings. The van der Waals surface area contributed by atoms with Crippen molar-refractivity contribution in [1.29, 1.82) is 0 Å². The van der Waals surface area contributed by atoms with Gasteiger partial charge in [0.15, 0.2) is 5.96 Å². The summed E-state index contributed by atoms with van der Waals surface area (Å²) in [6.45, 7) is 6.12.